The van der Waals surface area contributed by atoms with Crippen molar-refractivity contribution in [2.45, 2.75) is 12.6 Å². The molecule has 1 aliphatic carbocycles. The predicted octanol–water partition coefficient (Wildman–Crippen LogP) is 6.30. The molecule has 0 bridgehead atoms. The van der Waals surface area contributed by atoms with Gasteiger partial charge >= 0.3 is 0 Å². The van der Waals surface area contributed by atoms with Gasteiger partial charge in [0.25, 0.3) is 5.91 Å². The largest absolute Gasteiger partial charge is 0.455 e. The molecule has 1 amide bonds. The summed E-state index contributed by atoms with van der Waals surface area (Å²) >= 11 is 0. The zero-order valence-electron chi connectivity index (χ0n) is 24.9. The van der Waals surface area contributed by atoms with Crippen molar-refractivity contribution < 1.29 is 35.9 Å². The number of sulfonamides is 1. The summed E-state index contributed by atoms with van der Waals surface area (Å²) in [5.41, 5.74) is 3.18. The average molecular weight is 648 g/mol. The Morgan fingerprint density at radius 1 is 1.11 bits per heavy atom. The van der Waals surface area contributed by atoms with E-state index in [2.05, 4.69) is 5.32 Å². The minimum atomic E-state index is -3.83. The Labute approximate surface area is 262 Å². The number of carbonyl (C=O) groups excluding carboxylic acids is 1. The first kappa shape index (κ1) is 31.1. The number of aliphatic hydroxyl groups is 1. The molecule has 0 spiro atoms. The lowest BCUT2D eigenvalue weighted by Gasteiger charge is -2.21. The normalized spacial score (nSPS) is 13.4. The molecule has 2 heterocycles. The monoisotopic (exact) mass is 647 g/mol. The number of rotatable bonds is 8. The lowest BCUT2D eigenvalue weighted by Crippen LogP contribution is -2.25. The lowest BCUT2D eigenvalue weighted by atomic mass is 9.97. The third-order valence-electron chi connectivity index (χ3n) is 8.05. The smallest absolute Gasteiger partial charge is 0.255 e. The molecular weight excluding hydrogens is 619 g/mol. The molecule has 2 aromatic heterocycles. The highest BCUT2D eigenvalue weighted by molar-refractivity contribution is 7.92. The van der Waals surface area contributed by atoms with Crippen molar-refractivity contribution in [2.24, 2.45) is 0 Å². The molecule has 0 aliphatic heterocycles. The first-order chi connectivity index (χ1) is 21.9. The fourth-order valence-corrected chi connectivity index (χ4v) is 6.15. The van der Waals surface area contributed by atoms with Gasteiger partial charge in [-0.3, -0.25) is 9.10 Å². The minimum absolute atomic E-state index is 0.0813. The Kier molecular flexibility index (Phi) is 7.95. The summed E-state index contributed by atoms with van der Waals surface area (Å²) in [7, 11) is -1.04. The van der Waals surface area contributed by atoms with Crippen LogP contribution in [-0.2, 0) is 16.4 Å². The Hall–Kier alpha value is -4.94. The van der Waals surface area contributed by atoms with Gasteiger partial charge in [-0.2, -0.15) is 0 Å². The van der Waals surface area contributed by atoms with E-state index in [0.29, 0.717) is 27.6 Å². The fraction of sp³-hybridized carbons (Fsp3) is 0.176. The number of halogens is 3. The number of anilines is 1. The summed E-state index contributed by atoms with van der Waals surface area (Å²) in [6.45, 7) is -0.812. The van der Waals surface area contributed by atoms with E-state index in [-0.39, 0.29) is 51.5 Å². The number of pyridine rings is 1. The summed E-state index contributed by atoms with van der Waals surface area (Å²) in [5.74, 6) is -1.28. The molecule has 12 heteroatoms. The van der Waals surface area contributed by atoms with E-state index < -0.39 is 40.3 Å². The van der Waals surface area contributed by atoms with E-state index >= 15 is 4.39 Å². The Balaban J connectivity index is 1.62. The number of furan rings is 1. The van der Waals surface area contributed by atoms with Gasteiger partial charge in [0, 0.05) is 54.2 Å². The molecule has 1 aliphatic rings. The van der Waals surface area contributed by atoms with Crippen LogP contribution in [0.3, 0.4) is 0 Å². The van der Waals surface area contributed by atoms with Crippen LogP contribution in [0.2, 0.25) is 0 Å². The molecule has 3 aromatic carbocycles. The fourth-order valence-electron chi connectivity index (χ4n) is 5.64. The van der Waals surface area contributed by atoms with E-state index in [4.69, 9.17) is 9.40 Å². The van der Waals surface area contributed by atoms with Gasteiger partial charge in [0.1, 0.15) is 23.0 Å². The summed E-state index contributed by atoms with van der Waals surface area (Å²) in [6.07, 6.45) is 1.08. The Morgan fingerprint density at radius 2 is 1.85 bits per heavy atom. The standard InChI is InChI=1S/C34H28F3N3O5S/c1-38-34(42)31-25-15-24(29(40(2)46(3,43)44)16-30(25)45-33(31)18-7-9-21(35)10-8-18)28-12-11-22(27(37)17-41)32(39-28)20-13-19-5-4-6-26(36)23(19)14-20/h4-12,14-16,27,41H,13,17H2,1-3H3,(H,38,42). The zero-order valence-corrected chi connectivity index (χ0v) is 25.8. The molecule has 5 aromatic rings. The van der Waals surface area contributed by atoms with Gasteiger partial charge in [0.2, 0.25) is 10.0 Å². The molecular formula is C34H28F3N3O5S. The second kappa shape index (κ2) is 11.8. The lowest BCUT2D eigenvalue weighted by molar-refractivity contribution is 0.0964. The number of alkyl halides is 1. The van der Waals surface area contributed by atoms with E-state index in [9.17, 15) is 27.1 Å². The number of benzene rings is 3. The quantitative estimate of drug-likeness (QED) is 0.205. The van der Waals surface area contributed by atoms with Crippen molar-refractivity contribution >= 4 is 44.2 Å². The van der Waals surface area contributed by atoms with Crippen LogP contribution >= 0.6 is 0 Å². The van der Waals surface area contributed by atoms with Gasteiger partial charge in [-0.1, -0.05) is 18.2 Å². The molecule has 0 radical (unpaired) electrons. The molecule has 8 nitrogen and oxygen atoms in total. The molecule has 1 unspecified atom stereocenters. The van der Waals surface area contributed by atoms with Crippen molar-refractivity contribution in [1.29, 1.82) is 0 Å². The van der Waals surface area contributed by atoms with Crippen LogP contribution in [0.15, 0.2) is 71.1 Å². The Bertz CT molecular complexity index is 2160. The molecule has 46 heavy (non-hydrogen) atoms. The SMILES string of the molecule is CNC(=O)c1c(-c2ccc(F)cc2)oc2cc(N(C)S(C)(=O)=O)c(-c3ccc(C(F)CO)c(C4=Cc5c(F)cccc5C4)n3)cc12. The first-order valence-corrected chi connectivity index (χ1v) is 16.0. The van der Waals surface area contributed by atoms with E-state index in [0.717, 1.165) is 10.6 Å². The molecule has 6 rings (SSSR count). The zero-order chi connectivity index (χ0) is 32.9. The van der Waals surface area contributed by atoms with Crippen LogP contribution in [0, 0.1) is 11.6 Å². The van der Waals surface area contributed by atoms with E-state index in [1.807, 2.05) is 0 Å². The number of aliphatic hydroxyl groups excluding tert-OH is 1. The first-order valence-electron chi connectivity index (χ1n) is 14.2. The Morgan fingerprint density at radius 3 is 2.50 bits per heavy atom. The van der Waals surface area contributed by atoms with Crippen LogP contribution in [0.25, 0.3) is 45.2 Å². The molecule has 0 fully saturated rings. The summed E-state index contributed by atoms with van der Waals surface area (Å²) in [6, 6.07) is 16.0. The highest BCUT2D eigenvalue weighted by atomic mass is 32.2. The number of carbonyl (C=O) groups is 1. The number of allylic oxidation sites excluding steroid dienone is 1. The molecule has 1 atom stereocenters. The van der Waals surface area contributed by atoms with Gasteiger partial charge in [0.05, 0.1) is 35.5 Å². The van der Waals surface area contributed by atoms with E-state index in [1.165, 1.54) is 62.6 Å². The van der Waals surface area contributed by atoms with Crippen molar-refractivity contribution in [1.82, 2.24) is 10.3 Å². The minimum Gasteiger partial charge on any atom is -0.455 e. The topological polar surface area (TPSA) is 113 Å². The second-order valence-corrected chi connectivity index (χ2v) is 12.9. The van der Waals surface area contributed by atoms with Crippen molar-refractivity contribution in [2.75, 3.05) is 31.3 Å². The van der Waals surface area contributed by atoms with Crippen LogP contribution in [0.4, 0.5) is 18.9 Å². The van der Waals surface area contributed by atoms with Gasteiger partial charge in [-0.05, 0) is 59.7 Å². The highest BCUT2D eigenvalue weighted by Gasteiger charge is 2.28. The van der Waals surface area contributed by atoms with Gasteiger partial charge in [-0.15, -0.1) is 0 Å². The number of amides is 1. The van der Waals surface area contributed by atoms with Crippen LogP contribution < -0.4 is 9.62 Å². The second-order valence-electron chi connectivity index (χ2n) is 10.9. The van der Waals surface area contributed by atoms with Crippen molar-refractivity contribution in [3.05, 3.63) is 106 Å². The number of hydrogen-bond acceptors (Lipinski definition) is 6. The molecule has 2 N–H and O–H groups in total. The maximum atomic E-state index is 15.1. The van der Waals surface area contributed by atoms with Gasteiger partial charge < -0.3 is 14.8 Å². The van der Waals surface area contributed by atoms with Crippen LogP contribution in [0.1, 0.15) is 38.9 Å². The number of aromatic nitrogens is 1. The number of fused-ring (bicyclic) bond motifs is 2. The molecule has 0 saturated heterocycles. The molecule has 0 saturated carbocycles. The third kappa shape index (κ3) is 5.43. The highest BCUT2D eigenvalue weighted by Crippen LogP contribution is 2.43. The summed E-state index contributed by atoms with van der Waals surface area (Å²) in [4.78, 5) is 18.0. The predicted molar refractivity (Wildman–Crippen MR) is 170 cm³/mol. The van der Waals surface area contributed by atoms with Crippen LogP contribution in [0.5, 0.6) is 0 Å². The maximum absolute atomic E-state index is 15.1. The van der Waals surface area contributed by atoms with Crippen molar-refractivity contribution in [3.63, 3.8) is 0 Å². The van der Waals surface area contributed by atoms with Gasteiger partial charge in [-0.25, -0.2) is 26.6 Å². The van der Waals surface area contributed by atoms with Gasteiger partial charge in [0.15, 0.2) is 6.17 Å². The van der Waals surface area contributed by atoms with Crippen LogP contribution in [-0.4, -0.2) is 51.4 Å². The summed E-state index contributed by atoms with van der Waals surface area (Å²) < 4.78 is 76.2. The number of nitrogens with one attached hydrogen (secondary N) is 1. The molecule has 236 valence electrons. The maximum Gasteiger partial charge on any atom is 0.255 e. The third-order valence-corrected chi connectivity index (χ3v) is 9.24. The summed E-state index contributed by atoms with van der Waals surface area (Å²) in [5, 5.41) is 12.6. The average Bonchev–Trinajstić information content (AvgIpc) is 3.65. The number of hydrogen-bond donors (Lipinski definition) is 2. The van der Waals surface area contributed by atoms with E-state index in [1.54, 1.807) is 24.3 Å². The number of nitrogens with zero attached hydrogens (tertiary/aromatic N) is 2. The van der Waals surface area contributed by atoms with Crippen molar-refractivity contribution in [3.8, 4) is 22.6 Å².